The second kappa shape index (κ2) is 4.22. The normalized spacial score (nSPS) is 17.1. The molecule has 1 aliphatic carbocycles. The highest BCUT2D eigenvalue weighted by Crippen LogP contribution is 2.53. The molecular formula is C14H20O3. The lowest BCUT2D eigenvalue weighted by atomic mass is 9.91. The molecule has 0 amide bonds. The van der Waals surface area contributed by atoms with Crippen LogP contribution in [0.5, 0.6) is 11.5 Å². The topological polar surface area (TPSA) is 38.7 Å². The smallest absolute Gasteiger partial charge is 0.167 e. The van der Waals surface area contributed by atoms with Crippen molar-refractivity contribution in [2.45, 2.75) is 38.2 Å². The van der Waals surface area contributed by atoms with E-state index < -0.39 is 5.60 Å². The molecule has 0 bridgehead atoms. The molecule has 3 nitrogen and oxygen atoms in total. The molecular weight excluding hydrogens is 216 g/mol. The summed E-state index contributed by atoms with van der Waals surface area (Å²) >= 11 is 0. The van der Waals surface area contributed by atoms with Crippen molar-refractivity contribution in [1.29, 1.82) is 0 Å². The summed E-state index contributed by atoms with van der Waals surface area (Å²) in [6.07, 6.45) is 1.60. The van der Waals surface area contributed by atoms with Crippen LogP contribution < -0.4 is 9.47 Å². The summed E-state index contributed by atoms with van der Waals surface area (Å²) in [6, 6.07) is 3.93. The number of ether oxygens (including phenoxy) is 2. The van der Waals surface area contributed by atoms with Gasteiger partial charge in [-0.05, 0) is 30.4 Å². The largest absolute Gasteiger partial charge is 0.493 e. The van der Waals surface area contributed by atoms with Crippen molar-refractivity contribution >= 4 is 0 Å². The lowest BCUT2D eigenvalue weighted by Gasteiger charge is -2.22. The maximum Gasteiger partial charge on any atom is 0.167 e. The molecule has 0 radical (unpaired) electrons. The fourth-order valence-corrected chi connectivity index (χ4v) is 2.27. The minimum absolute atomic E-state index is 0.356. The minimum atomic E-state index is -0.709. The Hall–Kier alpha value is -1.22. The summed E-state index contributed by atoms with van der Waals surface area (Å²) in [5.41, 5.74) is 1.34. The van der Waals surface area contributed by atoms with Crippen molar-refractivity contribution in [2.75, 3.05) is 14.2 Å². The van der Waals surface area contributed by atoms with Gasteiger partial charge in [0.05, 0.1) is 19.8 Å². The number of hydrogen-bond donors (Lipinski definition) is 1. The molecule has 1 aliphatic rings. The van der Waals surface area contributed by atoms with E-state index in [1.54, 1.807) is 14.2 Å². The molecule has 0 unspecified atom stereocenters. The van der Waals surface area contributed by atoms with Gasteiger partial charge in [-0.1, -0.05) is 19.9 Å². The zero-order chi connectivity index (χ0) is 12.6. The van der Waals surface area contributed by atoms with E-state index in [4.69, 9.17) is 9.47 Å². The van der Waals surface area contributed by atoms with Crippen molar-refractivity contribution in [3.63, 3.8) is 0 Å². The van der Waals surface area contributed by atoms with Crippen molar-refractivity contribution in [3.05, 3.63) is 23.3 Å². The van der Waals surface area contributed by atoms with E-state index in [0.717, 1.165) is 24.0 Å². The van der Waals surface area contributed by atoms with Crippen molar-refractivity contribution in [2.24, 2.45) is 0 Å². The molecule has 3 heteroatoms. The van der Waals surface area contributed by atoms with Gasteiger partial charge in [-0.3, -0.25) is 0 Å². The predicted octanol–water partition coefficient (Wildman–Crippen LogP) is 2.81. The van der Waals surface area contributed by atoms with Gasteiger partial charge >= 0.3 is 0 Å². The molecule has 1 fully saturated rings. The molecule has 17 heavy (non-hydrogen) atoms. The Morgan fingerprint density at radius 1 is 1.18 bits per heavy atom. The first-order chi connectivity index (χ1) is 8.03. The van der Waals surface area contributed by atoms with Crippen LogP contribution in [0.1, 0.15) is 43.7 Å². The van der Waals surface area contributed by atoms with E-state index in [1.165, 1.54) is 0 Å². The first-order valence-corrected chi connectivity index (χ1v) is 6.01. The Bertz CT molecular complexity index is 420. The molecule has 1 aromatic carbocycles. The Morgan fingerprint density at radius 3 is 2.24 bits per heavy atom. The van der Waals surface area contributed by atoms with E-state index in [-0.39, 0.29) is 0 Å². The van der Waals surface area contributed by atoms with Crippen LogP contribution in [-0.4, -0.2) is 19.3 Å². The molecule has 2 rings (SSSR count). The highest BCUT2D eigenvalue weighted by molar-refractivity contribution is 5.55. The third kappa shape index (κ3) is 2.00. The van der Waals surface area contributed by atoms with Crippen LogP contribution in [0.2, 0.25) is 0 Å². The maximum absolute atomic E-state index is 10.4. The number of methoxy groups -OCH3 is 2. The van der Waals surface area contributed by atoms with Crippen LogP contribution in [-0.2, 0) is 5.60 Å². The van der Waals surface area contributed by atoms with Crippen LogP contribution in [0.3, 0.4) is 0 Å². The zero-order valence-electron chi connectivity index (χ0n) is 10.9. The molecule has 0 aromatic heterocycles. The number of hydrogen-bond acceptors (Lipinski definition) is 3. The molecule has 1 N–H and O–H groups in total. The van der Waals surface area contributed by atoms with Gasteiger partial charge in [0.15, 0.2) is 11.5 Å². The quantitative estimate of drug-likeness (QED) is 0.873. The van der Waals surface area contributed by atoms with E-state index >= 15 is 0 Å². The molecule has 1 aromatic rings. The van der Waals surface area contributed by atoms with Crippen molar-refractivity contribution in [3.8, 4) is 11.5 Å². The van der Waals surface area contributed by atoms with E-state index in [1.807, 2.05) is 12.1 Å². The summed E-state index contributed by atoms with van der Waals surface area (Å²) in [5, 5.41) is 10.4. The molecule has 0 saturated heterocycles. The summed E-state index contributed by atoms with van der Waals surface area (Å²) in [6.45, 7) is 4.24. The van der Waals surface area contributed by atoms with Gasteiger partial charge in [0.2, 0.25) is 0 Å². The van der Waals surface area contributed by atoms with Gasteiger partial charge in [0, 0.05) is 5.56 Å². The zero-order valence-corrected chi connectivity index (χ0v) is 10.9. The second-order valence-electron chi connectivity index (χ2n) is 4.95. The van der Waals surface area contributed by atoms with Crippen LogP contribution in [0.4, 0.5) is 0 Å². The highest BCUT2D eigenvalue weighted by Gasteiger charge is 2.46. The average molecular weight is 236 g/mol. The Kier molecular flexibility index (Phi) is 3.04. The van der Waals surface area contributed by atoms with Crippen molar-refractivity contribution in [1.82, 2.24) is 0 Å². The number of benzene rings is 1. The lowest BCUT2D eigenvalue weighted by Crippen LogP contribution is -2.12. The maximum atomic E-state index is 10.4. The van der Waals surface area contributed by atoms with Gasteiger partial charge in [-0.15, -0.1) is 0 Å². The molecule has 0 aliphatic heterocycles. The minimum Gasteiger partial charge on any atom is -0.493 e. The van der Waals surface area contributed by atoms with Crippen molar-refractivity contribution < 1.29 is 14.6 Å². The fraction of sp³-hybridized carbons (Fsp3) is 0.571. The van der Waals surface area contributed by atoms with Gasteiger partial charge in [0.25, 0.3) is 0 Å². The number of aliphatic hydroxyl groups is 1. The monoisotopic (exact) mass is 236 g/mol. The van der Waals surface area contributed by atoms with Crippen LogP contribution >= 0.6 is 0 Å². The van der Waals surface area contributed by atoms with Gasteiger partial charge < -0.3 is 14.6 Å². The predicted molar refractivity (Wildman–Crippen MR) is 66.8 cm³/mol. The molecule has 1 saturated carbocycles. The second-order valence-corrected chi connectivity index (χ2v) is 4.95. The van der Waals surface area contributed by atoms with Gasteiger partial charge in [0.1, 0.15) is 0 Å². The average Bonchev–Trinajstić information content (AvgIpc) is 3.06. The standard InChI is InChI=1S/C14H20O3/c1-9(2)10-5-6-11(16-3)13(17-4)12(10)14(15)7-8-14/h5-6,9,15H,7-8H2,1-4H3. The summed E-state index contributed by atoms with van der Waals surface area (Å²) in [5.74, 6) is 1.72. The summed E-state index contributed by atoms with van der Waals surface area (Å²) in [4.78, 5) is 0. The molecule has 94 valence electrons. The van der Waals surface area contributed by atoms with Crippen LogP contribution in [0.15, 0.2) is 12.1 Å². The summed E-state index contributed by atoms with van der Waals surface area (Å²) in [7, 11) is 3.24. The van der Waals surface area contributed by atoms with Crippen LogP contribution in [0.25, 0.3) is 0 Å². The van der Waals surface area contributed by atoms with E-state index in [0.29, 0.717) is 17.4 Å². The van der Waals surface area contributed by atoms with E-state index in [9.17, 15) is 5.11 Å². The summed E-state index contributed by atoms with van der Waals surface area (Å²) < 4.78 is 10.7. The fourth-order valence-electron chi connectivity index (χ4n) is 2.27. The Balaban J connectivity index is 2.63. The Morgan fingerprint density at radius 2 is 1.82 bits per heavy atom. The number of rotatable bonds is 4. The third-order valence-electron chi connectivity index (χ3n) is 3.39. The SMILES string of the molecule is COc1ccc(C(C)C)c(C2(O)CC2)c1OC. The molecule has 0 atom stereocenters. The van der Waals surface area contributed by atoms with Gasteiger partial charge in [-0.2, -0.15) is 0 Å². The first-order valence-electron chi connectivity index (χ1n) is 6.01. The highest BCUT2D eigenvalue weighted by atomic mass is 16.5. The molecule has 0 heterocycles. The van der Waals surface area contributed by atoms with Gasteiger partial charge in [-0.25, -0.2) is 0 Å². The lowest BCUT2D eigenvalue weighted by molar-refractivity contribution is 0.145. The third-order valence-corrected chi connectivity index (χ3v) is 3.39. The molecule has 0 spiro atoms. The first kappa shape index (κ1) is 12.2. The van der Waals surface area contributed by atoms with E-state index in [2.05, 4.69) is 13.8 Å². The van der Waals surface area contributed by atoms with Crippen LogP contribution in [0, 0.1) is 0 Å². The Labute approximate surface area is 102 Å².